The molecule has 3 aromatic rings. The van der Waals surface area contributed by atoms with Crippen LogP contribution < -0.4 is 10.1 Å². The van der Waals surface area contributed by atoms with E-state index in [1.54, 1.807) is 11.3 Å². The van der Waals surface area contributed by atoms with E-state index in [0.29, 0.717) is 6.04 Å². The Morgan fingerprint density at radius 1 is 1.19 bits per heavy atom. The normalized spacial score (nSPS) is 18.8. The molecule has 1 fully saturated rings. The van der Waals surface area contributed by atoms with E-state index in [0.717, 1.165) is 49.8 Å². The minimum Gasteiger partial charge on any atom is -0.491 e. The Morgan fingerprint density at radius 2 is 2.03 bits per heavy atom. The van der Waals surface area contributed by atoms with Gasteiger partial charge in [-0.25, -0.2) is 4.98 Å². The monoisotopic (exact) mass is 447 g/mol. The Hall–Kier alpha value is -2.21. The van der Waals surface area contributed by atoms with E-state index >= 15 is 0 Å². The number of nitrogens with zero attached hydrogens (tertiary/aromatic N) is 2. The van der Waals surface area contributed by atoms with Gasteiger partial charge in [0.05, 0.1) is 11.0 Å². The fourth-order valence-corrected chi connectivity index (χ4v) is 6.09. The summed E-state index contributed by atoms with van der Waals surface area (Å²) in [7, 11) is 0. The zero-order valence-corrected chi connectivity index (χ0v) is 20.2. The minimum atomic E-state index is 0.183. The molecule has 32 heavy (non-hydrogen) atoms. The zero-order chi connectivity index (χ0) is 22.1. The molecular weight excluding hydrogens is 414 g/mol. The Balaban J connectivity index is 1.43. The molecule has 0 spiro atoms. The number of aryl methyl sites for hydroxylation is 1. The molecule has 0 bridgehead atoms. The van der Waals surface area contributed by atoms with Gasteiger partial charge < -0.3 is 10.1 Å². The highest BCUT2D eigenvalue weighted by atomic mass is 32.1. The topological polar surface area (TPSA) is 37.4 Å². The van der Waals surface area contributed by atoms with Gasteiger partial charge in [0.1, 0.15) is 10.8 Å². The van der Waals surface area contributed by atoms with Crippen LogP contribution in [0.3, 0.4) is 0 Å². The molecular formula is C27H33N3OS. The van der Waals surface area contributed by atoms with Gasteiger partial charge in [-0.05, 0) is 73.6 Å². The second kappa shape index (κ2) is 9.34. The molecule has 2 aliphatic rings. The summed E-state index contributed by atoms with van der Waals surface area (Å²) in [5.41, 5.74) is 6.86. The Labute approximate surface area is 195 Å². The van der Waals surface area contributed by atoms with Crippen molar-refractivity contribution in [2.24, 2.45) is 0 Å². The standard InChI is InChI=1S/C27H33N3OS/c1-4-19-16-20(8-11-25(19)31-18(2)3)27-29-17-26(32-27)23-7-5-6-22-21(23)9-10-24(22)30-14-12-28-13-15-30/h5-8,11,16-18,24,28H,4,9-10,12-15H2,1-3H3. The van der Waals surface area contributed by atoms with Crippen LogP contribution in [0.5, 0.6) is 5.75 Å². The third-order valence-corrected chi connectivity index (χ3v) is 7.73. The number of nitrogens with one attached hydrogen (secondary N) is 1. The molecule has 1 unspecified atom stereocenters. The van der Waals surface area contributed by atoms with Crippen molar-refractivity contribution in [1.82, 2.24) is 15.2 Å². The third-order valence-electron chi connectivity index (χ3n) is 6.65. The second-order valence-corrected chi connectivity index (χ2v) is 10.1. The average molecular weight is 448 g/mol. The molecule has 1 aromatic heterocycles. The molecule has 0 amide bonds. The van der Waals surface area contributed by atoms with E-state index in [1.165, 1.54) is 39.1 Å². The minimum absolute atomic E-state index is 0.183. The lowest BCUT2D eigenvalue weighted by molar-refractivity contribution is 0.173. The number of thiazole rings is 1. The van der Waals surface area contributed by atoms with E-state index in [9.17, 15) is 0 Å². The van der Waals surface area contributed by atoms with E-state index in [4.69, 9.17) is 9.72 Å². The second-order valence-electron chi connectivity index (χ2n) is 9.09. The van der Waals surface area contributed by atoms with Crippen molar-refractivity contribution in [2.45, 2.75) is 52.2 Å². The summed E-state index contributed by atoms with van der Waals surface area (Å²) in [6.07, 6.45) is 5.60. The number of fused-ring (bicyclic) bond motifs is 1. The van der Waals surface area contributed by atoms with E-state index in [1.807, 2.05) is 0 Å². The van der Waals surface area contributed by atoms with Crippen LogP contribution in [0.25, 0.3) is 21.0 Å². The molecule has 4 nitrogen and oxygen atoms in total. The number of aromatic nitrogens is 1. The zero-order valence-electron chi connectivity index (χ0n) is 19.4. The predicted molar refractivity (Wildman–Crippen MR) is 134 cm³/mol. The summed E-state index contributed by atoms with van der Waals surface area (Å²) < 4.78 is 5.99. The van der Waals surface area contributed by atoms with Crippen LogP contribution in [0.4, 0.5) is 0 Å². The quantitative estimate of drug-likeness (QED) is 0.524. The molecule has 1 saturated heterocycles. The van der Waals surface area contributed by atoms with E-state index in [2.05, 4.69) is 73.6 Å². The van der Waals surface area contributed by atoms with Crippen LogP contribution in [0.15, 0.2) is 42.6 Å². The fraction of sp³-hybridized carbons (Fsp3) is 0.444. The van der Waals surface area contributed by atoms with Crippen LogP contribution >= 0.6 is 11.3 Å². The molecule has 1 aliphatic carbocycles. The van der Waals surface area contributed by atoms with Gasteiger partial charge in [0.25, 0.3) is 0 Å². The first-order valence-corrected chi connectivity index (χ1v) is 12.8. The maximum absolute atomic E-state index is 5.99. The number of hydrogen-bond acceptors (Lipinski definition) is 5. The smallest absolute Gasteiger partial charge is 0.123 e. The van der Waals surface area contributed by atoms with Crippen molar-refractivity contribution in [3.63, 3.8) is 0 Å². The van der Waals surface area contributed by atoms with Crippen molar-refractivity contribution in [3.8, 4) is 26.8 Å². The molecule has 2 aromatic carbocycles. The maximum Gasteiger partial charge on any atom is 0.123 e. The van der Waals surface area contributed by atoms with Gasteiger partial charge in [-0.2, -0.15) is 0 Å². The van der Waals surface area contributed by atoms with Crippen LogP contribution in [-0.2, 0) is 12.8 Å². The van der Waals surface area contributed by atoms with Crippen LogP contribution in [-0.4, -0.2) is 42.2 Å². The number of piperazine rings is 1. The molecule has 0 saturated carbocycles. The van der Waals surface area contributed by atoms with Crippen molar-refractivity contribution in [2.75, 3.05) is 26.2 Å². The Morgan fingerprint density at radius 3 is 2.81 bits per heavy atom. The summed E-state index contributed by atoms with van der Waals surface area (Å²) >= 11 is 1.81. The maximum atomic E-state index is 5.99. The van der Waals surface area contributed by atoms with Gasteiger partial charge in [-0.3, -0.25) is 4.90 Å². The lowest BCUT2D eigenvalue weighted by Crippen LogP contribution is -2.44. The highest BCUT2D eigenvalue weighted by Gasteiger charge is 2.30. The van der Waals surface area contributed by atoms with Crippen LogP contribution in [0.1, 0.15) is 49.9 Å². The first-order valence-electron chi connectivity index (χ1n) is 12.0. The Bertz CT molecular complexity index is 1080. The number of benzene rings is 2. The lowest BCUT2D eigenvalue weighted by Gasteiger charge is -2.33. The highest BCUT2D eigenvalue weighted by Crippen LogP contribution is 2.43. The van der Waals surface area contributed by atoms with Crippen LogP contribution in [0.2, 0.25) is 0 Å². The molecule has 2 heterocycles. The molecule has 0 radical (unpaired) electrons. The van der Waals surface area contributed by atoms with E-state index in [-0.39, 0.29) is 6.10 Å². The van der Waals surface area contributed by atoms with Crippen molar-refractivity contribution in [1.29, 1.82) is 0 Å². The summed E-state index contributed by atoms with van der Waals surface area (Å²) in [5.74, 6) is 0.989. The van der Waals surface area contributed by atoms with Crippen molar-refractivity contribution in [3.05, 3.63) is 59.3 Å². The number of hydrogen-bond donors (Lipinski definition) is 1. The van der Waals surface area contributed by atoms with Crippen LogP contribution in [0, 0.1) is 0 Å². The first-order chi connectivity index (χ1) is 15.6. The van der Waals surface area contributed by atoms with Crippen molar-refractivity contribution < 1.29 is 4.74 Å². The molecule has 168 valence electrons. The summed E-state index contributed by atoms with van der Waals surface area (Å²) in [4.78, 5) is 8.76. The number of rotatable bonds is 6. The van der Waals surface area contributed by atoms with Gasteiger partial charge in [0, 0.05) is 44.0 Å². The SMILES string of the molecule is CCc1cc(-c2ncc(-c3cccc4c3CCC4N3CCNCC3)s2)ccc1OC(C)C. The molecule has 5 heteroatoms. The van der Waals surface area contributed by atoms with Gasteiger partial charge in [0.15, 0.2) is 0 Å². The van der Waals surface area contributed by atoms with Gasteiger partial charge in [-0.15, -0.1) is 11.3 Å². The largest absolute Gasteiger partial charge is 0.491 e. The first kappa shape index (κ1) is 21.6. The molecule has 1 N–H and O–H groups in total. The Kier molecular flexibility index (Phi) is 6.31. The molecule has 5 rings (SSSR count). The van der Waals surface area contributed by atoms with Crippen molar-refractivity contribution >= 4 is 11.3 Å². The lowest BCUT2D eigenvalue weighted by atomic mass is 10.0. The molecule has 1 atom stereocenters. The molecule has 1 aliphatic heterocycles. The van der Waals surface area contributed by atoms with Gasteiger partial charge in [-0.1, -0.05) is 25.1 Å². The van der Waals surface area contributed by atoms with Gasteiger partial charge >= 0.3 is 0 Å². The summed E-state index contributed by atoms with van der Waals surface area (Å²) in [6, 6.07) is 13.9. The summed E-state index contributed by atoms with van der Waals surface area (Å²) in [5, 5.41) is 4.57. The van der Waals surface area contributed by atoms with E-state index < -0.39 is 0 Å². The average Bonchev–Trinajstić information content (AvgIpc) is 3.47. The number of ether oxygens (including phenoxy) is 1. The van der Waals surface area contributed by atoms with Gasteiger partial charge in [0.2, 0.25) is 0 Å². The highest BCUT2D eigenvalue weighted by molar-refractivity contribution is 7.18. The fourth-order valence-electron chi connectivity index (χ4n) is 5.13. The summed E-state index contributed by atoms with van der Waals surface area (Å²) in [6.45, 7) is 10.8. The predicted octanol–water partition coefficient (Wildman–Crippen LogP) is 5.72. The third kappa shape index (κ3) is 4.21.